The van der Waals surface area contributed by atoms with Crippen LogP contribution in [0.3, 0.4) is 0 Å². The van der Waals surface area contributed by atoms with Crippen molar-refractivity contribution >= 4 is 28.8 Å². The van der Waals surface area contributed by atoms with Crippen LogP contribution in [0.25, 0.3) is 0 Å². The Bertz CT molecular complexity index is 743. The van der Waals surface area contributed by atoms with E-state index in [4.69, 9.17) is 4.74 Å². The van der Waals surface area contributed by atoms with Crippen LogP contribution in [0.2, 0.25) is 0 Å². The largest absolute Gasteiger partial charge is 0.374 e. The third kappa shape index (κ3) is 4.90. The summed E-state index contributed by atoms with van der Waals surface area (Å²) in [5, 5.41) is 2.87. The lowest BCUT2D eigenvalue weighted by Gasteiger charge is -2.36. The summed E-state index contributed by atoms with van der Waals surface area (Å²) in [5.74, 6) is -0.163. The molecule has 4 rings (SSSR count). The van der Waals surface area contributed by atoms with Gasteiger partial charge in [-0.15, -0.1) is 23.1 Å². The predicted molar refractivity (Wildman–Crippen MR) is 117 cm³/mol. The van der Waals surface area contributed by atoms with Gasteiger partial charge in [-0.1, -0.05) is 0 Å². The number of rotatable bonds is 7. The van der Waals surface area contributed by atoms with E-state index in [-0.39, 0.29) is 11.9 Å². The van der Waals surface area contributed by atoms with Gasteiger partial charge >= 0.3 is 0 Å². The molecule has 2 aromatic rings. The number of thioether (sulfide) groups is 1. The summed E-state index contributed by atoms with van der Waals surface area (Å²) in [6.07, 6.45) is 3.93. The number of ether oxygens (including phenoxy) is 1. The van der Waals surface area contributed by atoms with Crippen LogP contribution in [0.15, 0.2) is 39.9 Å². The van der Waals surface area contributed by atoms with Gasteiger partial charge in [0, 0.05) is 49.3 Å². The molecule has 2 aliphatic heterocycles. The highest BCUT2D eigenvalue weighted by molar-refractivity contribution is 8.01. The molecule has 2 atom stereocenters. The maximum Gasteiger partial charge on any atom is 0.123 e. The van der Waals surface area contributed by atoms with Crippen LogP contribution in [0.5, 0.6) is 0 Å². The molecule has 3 nitrogen and oxygen atoms in total. The molecule has 0 aliphatic carbocycles. The van der Waals surface area contributed by atoms with Crippen molar-refractivity contribution in [3.05, 3.63) is 47.1 Å². The normalized spacial score (nSPS) is 23.0. The average molecular weight is 421 g/mol. The van der Waals surface area contributed by atoms with E-state index in [1.54, 1.807) is 12.1 Å². The predicted octanol–water partition coefficient (Wildman–Crippen LogP) is 5.43. The van der Waals surface area contributed by atoms with Crippen LogP contribution in [-0.2, 0) is 4.74 Å². The summed E-state index contributed by atoms with van der Waals surface area (Å²) in [6.45, 7) is 8.27. The van der Waals surface area contributed by atoms with E-state index in [1.807, 2.05) is 23.5 Å². The molecule has 1 aromatic heterocycles. The van der Waals surface area contributed by atoms with Gasteiger partial charge in [0.25, 0.3) is 0 Å². The second-order valence-electron chi connectivity index (χ2n) is 7.53. The summed E-state index contributed by atoms with van der Waals surface area (Å²) >= 11 is 3.92. The molecule has 0 bridgehead atoms. The van der Waals surface area contributed by atoms with Crippen molar-refractivity contribution in [1.82, 2.24) is 4.90 Å². The maximum absolute atomic E-state index is 13.1. The standard InChI is InChI=1S/C22H29FN2OS2/c1-2-26-21-16-19(28-22-20(21)9-15-27-22)4-3-10-24-11-13-25(14-12-24)18-7-5-17(23)6-8-18/h5-9,15,19,21H,2-4,10-14,16H2,1H3. The average Bonchev–Trinajstić information content (AvgIpc) is 3.18. The van der Waals surface area contributed by atoms with Crippen molar-refractivity contribution < 1.29 is 9.13 Å². The Balaban J connectivity index is 1.20. The summed E-state index contributed by atoms with van der Waals surface area (Å²) in [5.41, 5.74) is 2.54. The van der Waals surface area contributed by atoms with Gasteiger partial charge in [-0.2, -0.15) is 0 Å². The molecule has 0 spiro atoms. The van der Waals surface area contributed by atoms with E-state index in [0.717, 1.165) is 44.9 Å². The minimum atomic E-state index is -0.163. The molecule has 0 N–H and O–H groups in total. The minimum Gasteiger partial charge on any atom is -0.374 e. The van der Waals surface area contributed by atoms with Gasteiger partial charge < -0.3 is 9.64 Å². The molecule has 1 aromatic carbocycles. The Hall–Kier alpha value is -1.08. The molecule has 0 amide bonds. The second kappa shape index (κ2) is 9.61. The third-order valence-corrected chi connectivity index (χ3v) is 8.20. The highest BCUT2D eigenvalue weighted by Gasteiger charge is 2.29. The van der Waals surface area contributed by atoms with Gasteiger partial charge in [0.05, 0.1) is 10.3 Å². The molecule has 2 unspecified atom stereocenters. The van der Waals surface area contributed by atoms with E-state index in [2.05, 4.69) is 39.9 Å². The summed E-state index contributed by atoms with van der Waals surface area (Å²) in [4.78, 5) is 4.93. The fourth-order valence-electron chi connectivity index (χ4n) is 4.16. The number of hydrogen-bond donors (Lipinski definition) is 0. The van der Waals surface area contributed by atoms with Crippen molar-refractivity contribution in [2.24, 2.45) is 0 Å². The van der Waals surface area contributed by atoms with Gasteiger partial charge in [0.1, 0.15) is 5.82 Å². The topological polar surface area (TPSA) is 15.7 Å². The van der Waals surface area contributed by atoms with Crippen molar-refractivity contribution in [3.63, 3.8) is 0 Å². The lowest BCUT2D eigenvalue weighted by Crippen LogP contribution is -2.46. The molecular weight excluding hydrogens is 391 g/mol. The van der Waals surface area contributed by atoms with Crippen LogP contribution in [-0.4, -0.2) is 49.5 Å². The molecule has 1 fully saturated rings. The fourth-order valence-corrected chi connectivity index (χ4v) is 6.83. The zero-order valence-electron chi connectivity index (χ0n) is 16.5. The van der Waals surface area contributed by atoms with E-state index >= 15 is 0 Å². The van der Waals surface area contributed by atoms with Gasteiger partial charge in [-0.25, -0.2) is 4.39 Å². The smallest absolute Gasteiger partial charge is 0.123 e. The Kier molecular flexibility index (Phi) is 6.94. The van der Waals surface area contributed by atoms with Crippen LogP contribution in [0, 0.1) is 5.82 Å². The Morgan fingerprint density at radius 3 is 2.64 bits per heavy atom. The number of nitrogens with zero attached hydrogens (tertiary/aromatic N) is 2. The quantitative estimate of drug-likeness (QED) is 0.593. The number of piperazine rings is 1. The van der Waals surface area contributed by atoms with Crippen LogP contribution < -0.4 is 4.90 Å². The Labute approximate surface area is 175 Å². The van der Waals surface area contributed by atoms with Crippen LogP contribution >= 0.6 is 23.1 Å². The van der Waals surface area contributed by atoms with Crippen molar-refractivity contribution in [2.45, 2.75) is 41.7 Å². The molecule has 152 valence electrons. The minimum absolute atomic E-state index is 0.163. The van der Waals surface area contributed by atoms with Gasteiger partial charge in [-0.05, 0) is 68.4 Å². The zero-order chi connectivity index (χ0) is 19.3. The van der Waals surface area contributed by atoms with E-state index in [1.165, 1.54) is 29.2 Å². The van der Waals surface area contributed by atoms with E-state index in [0.29, 0.717) is 5.25 Å². The molecule has 3 heterocycles. The van der Waals surface area contributed by atoms with Crippen molar-refractivity contribution in [3.8, 4) is 0 Å². The number of thiophene rings is 1. The fraction of sp³-hybridized carbons (Fsp3) is 0.545. The summed E-state index contributed by atoms with van der Waals surface area (Å²) in [7, 11) is 0. The van der Waals surface area contributed by atoms with Crippen molar-refractivity contribution in [2.75, 3.05) is 44.2 Å². The monoisotopic (exact) mass is 420 g/mol. The first kappa shape index (κ1) is 20.2. The first-order valence-electron chi connectivity index (χ1n) is 10.3. The summed E-state index contributed by atoms with van der Waals surface area (Å²) in [6, 6.07) is 9.12. The molecule has 0 radical (unpaired) electrons. The summed E-state index contributed by atoms with van der Waals surface area (Å²) < 4.78 is 20.6. The number of anilines is 1. The number of hydrogen-bond acceptors (Lipinski definition) is 5. The van der Waals surface area contributed by atoms with Gasteiger partial charge in [0.2, 0.25) is 0 Å². The lowest BCUT2D eigenvalue weighted by atomic mass is 10.0. The molecule has 2 aliphatic rings. The van der Waals surface area contributed by atoms with E-state index < -0.39 is 0 Å². The molecule has 1 saturated heterocycles. The highest BCUT2D eigenvalue weighted by atomic mass is 32.2. The lowest BCUT2D eigenvalue weighted by molar-refractivity contribution is 0.0524. The molecule has 6 heteroatoms. The van der Waals surface area contributed by atoms with Crippen molar-refractivity contribution in [1.29, 1.82) is 0 Å². The second-order valence-corrected chi connectivity index (χ2v) is 10.0. The third-order valence-electron chi connectivity index (χ3n) is 5.69. The molecule has 28 heavy (non-hydrogen) atoms. The number of halogens is 1. The Morgan fingerprint density at radius 1 is 1.11 bits per heavy atom. The number of benzene rings is 1. The SMILES string of the molecule is CCOC1CC(CCCN2CCN(c3ccc(F)cc3)CC2)Sc2sccc21. The highest BCUT2D eigenvalue weighted by Crippen LogP contribution is 2.46. The Morgan fingerprint density at radius 2 is 1.89 bits per heavy atom. The van der Waals surface area contributed by atoms with Gasteiger partial charge in [-0.3, -0.25) is 4.90 Å². The van der Waals surface area contributed by atoms with Gasteiger partial charge in [0.15, 0.2) is 0 Å². The maximum atomic E-state index is 13.1. The molecular formula is C22H29FN2OS2. The van der Waals surface area contributed by atoms with Crippen LogP contribution in [0.1, 0.15) is 37.9 Å². The van der Waals surface area contributed by atoms with E-state index in [9.17, 15) is 4.39 Å². The number of fused-ring (bicyclic) bond motifs is 1. The molecule has 0 saturated carbocycles. The first-order valence-corrected chi connectivity index (χ1v) is 12.1. The zero-order valence-corrected chi connectivity index (χ0v) is 18.1. The first-order chi connectivity index (χ1) is 13.7. The van der Waals surface area contributed by atoms with Crippen LogP contribution in [0.4, 0.5) is 10.1 Å².